The molecule has 0 radical (unpaired) electrons. The van der Waals surface area contributed by atoms with E-state index in [9.17, 15) is 18.8 Å². The van der Waals surface area contributed by atoms with Crippen LogP contribution in [0.15, 0.2) is 18.2 Å². The zero-order valence-corrected chi connectivity index (χ0v) is 19.0. The highest BCUT2D eigenvalue weighted by molar-refractivity contribution is 6.00. The third-order valence-electron chi connectivity index (χ3n) is 5.59. The van der Waals surface area contributed by atoms with Crippen LogP contribution < -0.4 is 15.4 Å². The van der Waals surface area contributed by atoms with Crippen LogP contribution in [0.5, 0.6) is 5.75 Å². The van der Waals surface area contributed by atoms with E-state index in [1.165, 1.54) is 32.2 Å². The van der Waals surface area contributed by atoms with Crippen molar-refractivity contribution in [3.63, 3.8) is 0 Å². The van der Waals surface area contributed by atoms with Crippen LogP contribution in [0.2, 0.25) is 0 Å². The monoisotopic (exact) mass is 451 g/mol. The topological polar surface area (TPSA) is 106 Å². The van der Waals surface area contributed by atoms with Gasteiger partial charge in [-0.15, -0.1) is 0 Å². The number of carbonyl (C=O) groups is 3. The van der Waals surface area contributed by atoms with E-state index in [0.29, 0.717) is 0 Å². The Morgan fingerprint density at radius 2 is 1.97 bits per heavy atom. The maximum absolute atomic E-state index is 14.5. The van der Waals surface area contributed by atoms with E-state index in [1.807, 2.05) is 0 Å². The normalized spacial score (nSPS) is 20.8. The number of rotatable bonds is 3. The van der Waals surface area contributed by atoms with E-state index >= 15 is 0 Å². The van der Waals surface area contributed by atoms with Crippen molar-refractivity contribution in [1.82, 2.24) is 10.2 Å². The molecule has 0 saturated carbocycles. The fraction of sp³-hybridized carbons (Fsp3) is 0.591. The highest BCUT2D eigenvalue weighted by atomic mass is 19.1. The van der Waals surface area contributed by atoms with Crippen LogP contribution >= 0.6 is 0 Å². The summed E-state index contributed by atoms with van der Waals surface area (Å²) in [6, 6.07) is 2.18. The number of para-hydroxylation sites is 1. The predicted molar refractivity (Wildman–Crippen MR) is 114 cm³/mol. The van der Waals surface area contributed by atoms with E-state index in [4.69, 9.17) is 14.2 Å². The van der Waals surface area contributed by atoms with Gasteiger partial charge in [0.1, 0.15) is 23.3 Å². The number of hydrogen-bond acceptors (Lipinski definition) is 6. The molecular formula is C22H30FN3O6. The zero-order valence-electron chi connectivity index (χ0n) is 19.0. The number of nitrogens with one attached hydrogen (secondary N) is 2. The molecule has 1 spiro atoms. The summed E-state index contributed by atoms with van der Waals surface area (Å²) in [6.07, 6.45) is -0.123. The molecule has 2 unspecified atom stereocenters. The van der Waals surface area contributed by atoms with Gasteiger partial charge in [-0.1, -0.05) is 6.07 Å². The molecule has 2 aliphatic rings. The molecule has 2 atom stereocenters. The first kappa shape index (κ1) is 23.8. The van der Waals surface area contributed by atoms with Crippen LogP contribution in [0.4, 0.5) is 14.9 Å². The number of halogens is 1. The van der Waals surface area contributed by atoms with Gasteiger partial charge in [0.05, 0.1) is 18.9 Å². The summed E-state index contributed by atoms with van der Waals surface area (Å²) in [5.74, 6) is -1.78. The van der Waals surface area contributed by atoms with Crippen molar-refractivity contribution in [1.29, 1.82) is 0 Å². The molecule has 10 heteroatoms. The lowest BCUT2D eigenvalue weighted by atomic mass is 9.85. The molecule has 1 fully saturated rings. The Labute approximate surface area is 186 Å². The van der Waals surface area contributed by atoms with Crippen LogP contribution in [0, 0.1) is 5.82 Å². The second kappa shape index (κ2) is 8.93. The van der Waals surface area contributed by atoms with Gasteiger partial charge in [0.15, 0.2) is 11.6 Å². The molecule has 9 nitrogen and oxygen atoms in total. The molecule has 2 heterocycles. The van der Waals surface area contributed by atoms with Gasteiger partial charge in [-0.05, 0) is 39.8 Å². The number of hydrogen-bond donors (Lipinski definition) is 2. The van der Waals surface area contributed by atoms with Crippen LogP contribution in [-0.4, -0.2) is 66.4 Å². The number of ether oxygens (including phenoxy) is 3. The number of anilines is 1. The first-order valence-corrected chi connectivity index (χ1v) is 10.6. The Morgan fingerprint density at radius 1 is 1.31 bits per heavy atom. The molecule has 176 valence electrons. The fourth-order valence-electron chi connectivity index (χ4n) is 3.65. The third-order valence-corrected chi connectivity index (χ3v) is 5.59. The van der Waals surface area contributed by atoms with E-state index in [2.05, 4.69) is 10.6 Å². The minimum Gasteiger partial charge on any atom is -0.479 e. The lowest BCUT2D eigenvalue weighted by Gasteiger charge is -2.41. The number of nitrogens with zero attached hydrogens (tertiary/aromatic N) is 1. The van der Waals surface area contributed by atoms with E-state index in [0.717, 1.165) is 4.90 Å². The minimum atomic E-state index is -1.20. The van der Waals surface area contributed by atoms with Crippen molar-refractivity contribution >= 4 is 23.6 Å². The Balaban J connectivity index is 1.85. The molecule has 1 saturated heterocycles. The summed E-state index contributed by atoms with van der Waals surface area (Å²) in [5, 5.41) is 5.37. The van der Waals surface area contributed by atoms with Gasteiger partial charge < -0.3 is 24.8 Å². The second-order valence-electron chi connectivity index (χ2n) is 9.09. The maximum Gasteiger partial charge on any atom is 0.410 e. The zero-order chi connectivity index (χ0) is 23.7. The van der Waals surface area contributed by atoms with Gasteiger partial charge >= 0.3 is 6.09 Å². The smallest absolute Gasteiger partial charge is 0.410 e. The first-order valence-electron chi connectivity index (χ1n) is 10.6. The van der Waals surface area contributed by atoms with Crippen molar-refractivity contribution in [2.24, 2.45) is 0 Å². The lowest BCUT2D eigenvalue weighted by molar-refractivity contribution is -0.138. The standard InChI is InChI=1S/C22H30FN3O6/c1-13(26(5)20(29)32-21(2,3)4)18(27)25-17-19(28)24-15-8-6-7-14(23)16(15)31-22(17)9-11-30-12-10-22/h6-8,13,17H,9-12H2,1-5H3,(H,24,28)(H,25,27). The lowest BCUT2D eigenvalue weighted by Crippen LogP contribution is -2.64. The van der Waals surface area contributed by atoms with Crippen molar-refractivity contribution in [3.8, 4) is 5.75 Å². The van der Waals surface area contributed by atoms with E-state index in [-0.39, 0.29) is 37.5 Å². The molecule has 3 rings (SSSR count). The van der Waals surface area contributed by atoms with Crippen molar-refractivity contribution in [2.75, 3.05) is 25.6 Å². The fourth-order valence-corrected chi connectivity index (χ4v) is 3.65. The average Bonchev–Trinajstić information content (AvgIpc) is 2.82. The predicted octanol–water partition coefficient (Wildman–Crippen LogP) is 2.45. The Hall–Kier alpha value is -2.88. The SMILES string of the molecule is CC(C(=O)NC1C(=O)Nc2cccc(F)c2OC12CCOCC2)N(C)C(=O)OC(C)(C)C. The molecule has 2 N–H and O–H groups in total. The molecule has 3 amide bonds. The largest absolute Gasteiger partial charge is 0.479 e. The van der Waals surface area contributed by atoms with Crippen LogP contribution in [0.3, 0.4) is 0 Å². The van der Waals surface area contributed by atoms with Gasteiger partial charge in [0, 0.05) is 19.9 Å². The van der Waals surface area contributed by atoms with Crippen LogP contribution in [0.25, 0.3) is 0 Å². The van der Waals surface area contributed by atoms with Gasteiger partial charge in [-0.3, -0.25) is 14.5 Å². The minimum absolute atomic E-state index is 0.0709. The summed E-state index contributed by atoms with van der Waals surface area (Å²) >= 11 is 0. The maximum atomic E-state index is 14.5. The summed E-state index contributed by atoms with van der Waals surface area (Å²) in [5.41, 5.74) is -1.73. The molecule has 0 aliphatic carbocycles. The highest BCUT2D eigenvalue weighted by Gasteiger charge is 2.50. The summed E-state index contributed by atoms with van der Waals surface area (Å²) < 4.78 is 31.3. The van der Waals surface area contributed by atoms with E-state index < -0.39 is 47.0 Å². The molecular weight excluding hydrogens is 421 g/mol. The van der Waals surface area contributed by atoms with Gasteiger partial charge in [-0.25, -0.2) is 9.18 Å². The summed E-state index contributed by atoms with van der Waals surface area (Å²) in [4.78, 5) is 39.7. The molecule has 1 aromatic carbocycles. The number of likely N-dealkylation sites (N-methyl/N-ethyl adjacent to an activating group) is 1. The Bertz CT molecular complexity index is 894. The quantitative estimate of drug-likeness (QED) is 0.731. The number of fused-ring (bicyclic) bond motifs is 1. The van der Waals surface area contributed by atoms with Gasteiger partial charge in [0.2, 0.25) is 5.91 Å². The molecule has 1 aromatic rings. The third kappa shape index (κ3) is 4.95. The van der Waals surface area contributed by atoms with Crippen LogP contribution in [0.1, 0.15) is 40.5 Å². The average molecular weight is 451 g/mol. The highest BCUT2D eigenvalue weighted by Crippen LogP contribution is 2.39. The second-order valence-corrected chi connectivity index (χ2v) is 9.09. The number of benzene rings is 1. The Morgan fingerprint density at radius 3 is 2.59 bits per heavy atom. The first-order chi connectivity index (χ1) is 14.9. The van der Waals surface area contributed by atoms with Crippen molar-refractivity contribution < 1.29 is 33.0 Å². The molecule has 0 bridgehead atoms. The number of amides is 3. The Kier molecular flexibility index (Phi) is 6.64. The summed E-state index contributed by atoms with van der Waals surface area (Å²) in [6.45, 7) is 7.28. The van der Waals surface area contributed by atoms with E-state index in [1.54, 1.807) is 20.8 Å². The van der Waals surface area contributed by atoms with Gasteiger partial charge in [-0.2, -0.15) is 0 Å². The van der Waals surface area contributed by atoms with Crippen molar-refractivity contribution in [3.05, 3.63) is 24.0 Å². The summed E-state index contributed by atoms with van der Waals surface area (Å²) in [7, 11) is 1.44. The van der Waals surface area contributed by atoms with Gasteiger partial charge in [0.25, 0.3) is 5.91 Å². The molecule has 0 aromatic heterocycles. The van der Waals surface area contributed by atoms with Crippen molar-refractivity contribution in [2.45, 2.75) is 63.8 Å². The molecule has 2 aliphatic heterocycles. The molecule has 32 heavy (non-hydrogen) atoms. The number of carbonyl (C=O) groups excluding carboxylic acids is 3. The van der Waals surface area contributed by atoms with Crippen LogP contribution in [-0.2, 0) is 19.1 Å².